The highest BCUT2D eigenvalue weighted by atomic mass is 32.1. The lowest BCUT2D eigenvalue weighted by atomic mass is 10.1. The molecule has 0 spiro atoms. The van der Waals surface area contributed by atoms with Gasteiger partial charge in [0.05, 0.1) is 11.0 Å². The second-order valence-electron chi connectivity index (χ2n) is 4.36. The Hall–Kier alpha value is -0.450. The zero-order valence-electron chi connectivity index (χ0n) is 9.56. The van der Waals surface area contributed by atoms with Gasteiger partial charge in [-0.1, -0.05) is 19.1 Å². The molecular weight excluding hydrogens is 236 g/mol. The van der Waals surface area contributed by atoms with Crippen molar-refractivity contribution in [2.75, 3.05) is 0 Å². The first-order valence-corrected chi connectivity index (χ1v) is 7.13. The summed E-state index contributed by atoms with van der Waals surface area (Å²) in [5.74, 6) is 0. The van der Waals surface area contributed by atoms with Crippen molar-refractivity contribution < 1.29 is 0 Å². The van der Waals surface area contributed by atoms with Crippen molar-refractivity contribution >= 4 is 28.5 Å². The monoisotopic (exact) mass is 254 g/mol. The molecule has 0 amide bonds. The van der Waals surface area contributed by atoms with E-state index in [1.807, 2.05) is 0 Å². The van der Waals surface area contributed by atoms with Crippen LogP contribution < -0.4 is 5.73 Å². The van der Waals surface area contributed by atoms with Crippen LogP contribution >= 0.6 is 23.6 Å². The van der Waals surface area contributed by atoms with Gasteiger partial charge in [0.1, 0.15) is 0 Å². The van der Waals surface area contributed by atoms with Gasteiger partial charge in [0.15, 0.2) is 0 Å². The summed E-state index contributed by atoms with van der Waals surface area (Å²) in [5.41, 5.74) is 7.22. The number of nitrogens with two attached hydrogens (primary N) is 1. The van der Waals surface area contributed by atoms with Crippen LogP contribution in [0, 0.1) is 0 Å². The Morgan fingerprint density at radius 1 is 1.69 bits per heavy atom. The summed E-state index contributed by atoms with van der Waals surface area (Å²) in [6.07, 6.45) is 3.60. The maximum atomic E-state index is 5.84. The molecule has 1 aliphatic carbocycles. The van der Waals surface area contributed by atoms with Crippen LogP contribution in [0.25, 0.3) is 0 Å². The molecule has 1 unspecified atom stereocenters. The van der Waals surface area contributed by atoms with Crippen LogP contribution in [-0.4, -0.2) is 22.0 Å². The molecule has 1 aromatic heterocycles. The summed E-state index contributed by atoms with van der Waals surface area (Å²) >= 11 is 6.92. The van der Waals surface area contributed by atoms with Crippen molar-refractivity contribution in [1.82, 2.24) is 4.90 Å². The fourth-order valence-corrected chi connectivity index (χ4v) is 3.05. The highest BCUT2D eigenvalue weighted by Crippen LogP contribution is 2.31. The summed E-state index contributed by atoms with van der Waals surface area (Å²) in [6, 6.07) is 3.15. The number of hydrogen-bond donors (Lipinski definition) is 1. The number of thiophene rings is 1. The molecule has 0 aromatic carbocycles. The van der Waals surface area contributed by atoms with Crippen molar-refractivity contribution in [3.8, 4) is 0 Å². The lowest BCUT2D eigenvalue weighted by Crippen LogP contribution is -2.44. The van der Waals surface area contributed by atoms with E-state index in [0.29, 0.717) is 11.0 Å². The van der Waals surface area contributed by atoms with E-state index in [2.05, 4.69) is 28.7 Å². The SMILES string of the molecule is CCC(C(N)=S)N(Cc1ccsc1)C1CC1. The molecule has 16 heavy (non-hydrogen) atoms. The zero-order chi connectivity index (χ0) is 11.5. The highest BCUT2D eigenvalue weighted by Gasteiger charge is 2.34. The van der Waals surface area contributed by atoms with Crippen molar-refractivity contribution in [2.45, 2.75) is 44.8 Å². The molecule has 0 saturated heterocycles. The lowest BCUT2D eigenvalue weighted by Gasteiger charge is -2.30. The maximum Gasteiger partial charge on any atom is 0.0902 e. The van der Waals surface area contributed by atoms with E-state index < -0.39 is 0 Å². The third-order valence-corrected chi connectivity index (χ3v) is 4.08. The van der Waals surface area contributed by atoms with E-state index in [0.717, 1.165) is 13.0 Å². The zero-order valence-corrected chi connectivity index (χ0v) is 11.2. The smallest absolute Gasteiger partial charge is 0.0902 e. The molecule has 1 fully saturated rings. The van der Waals surface area contributed by atoms with Gasteiger partial charge in [-0.15, -0.1) is 0 Å². The minimum Gasteiger partial charge on any atom is -0.392 e. The summed E-state index contributed by atoms with van der Waals surface area (Å²) < 4.78 is 0. The van der Waals surface area contributed by atoms with E-state index in [4.69, 9.17) is 18.0 Å². The average Bonchev–Trinajstić information content (AvgIpc) is 2.96. The van der Waals surface area contributed by atoms with Gasteiger partial charge in [0.25, 0.3) is 0 Å². The Labute approximate surface area is 106 Å². The molecule has 4 heteroatoms. The van der Waals surface area contributed by atoms with Crippen molar-refractivity contribution in [3.05, 3.63) is 22.4 Å². The van der Waals surface area contributed by atoms with Crippen LogP contribution in [0.1, 0.15) is 31.7 Å². The average molecular weight is 254 g/mol. The van der Waals surface area contributed by atoms with Crippen LogP contribution in [0.4, 0.5) is 0 Å². The Morgan fingerprint density at radius 3 is 2.88 bits per heavy atom. The largest absolute Gasteiger partial charge is 0.392 e. The molecule has 1 atom stereocenters. The molecule has 88 valence electrons. The molecule has 1 saturated carbocycles. The second kappa shape index (κ2) is 5.25. The summed E-state index contributed by atoms with van der Waals surface area (Å²) in [5, 5.41) is 4.34. The molecule has 2 N–H and O–H groups in total. The van der Waals surface area contributed by atoms with Crippen molar-refractivity contribution in [3.63, 3.8) is 0 Å². The lowest BCUT2D eigenvalue weighted by molar-refractivity contribution is 0.218. The third kappa shape index (κ3) is 2.81. The fraction of sp³-hybridized carbons (Fsp3) is 0.583. The minimum absolute atomic E-state index is 0.266. The van der Waals surface area contributed by atoms with Gasteiger partial charge in [0.2, 0.25) is 0 Å². The quantitative estimate of drug-likeness (QED) is 0.792. The number of thiocarbonyl (C=S) groups is 1. The second-order valence-corrected chi connectivity index (χ2v) is 5.61. The van der Waals surface area contributed by atoms with Gasteiger partial charge < -0.3 is 5.73 Å². The molecule has 0 radical (unpaired) electrons. The highest BCUT2D eigenvalue weighted by molar-refractivity contribution is 7.80. The van der Waals surface area contributed by atoms with Gasteiger partial charge in [-0.05, 0) is 41.7 Å². The van der Waals surface area contributed by atoms with E-state index in [-0.39, 0.29) is 6.04 Å². The normalized spacial score (nSPS) is 17.6. The van der Waals surface area contributed by atoms with Crippen LogP contribution in [0.2, 0.25) is 0 Å². The fourth-order valence-electron chi connectivity index (χ4n) is 2.09. The van der Waals surface area contributed by atoms with Crippen molar-refractivity contribution in [2.24, 2.45) is 5.73 Å². The Bertz CT molecular complexity index is 344. The van der Waals surface area contributed by atoms with Gasteiger partial charge in [-0.2, -0.15) is 11.3 Å². The molecule has 1 aromatic rings. The van der Waals surface area contributed by atoms with Gasteiger partial charge in [-0.25, -0.2) is 0 Å². The van der Waals surface area contributed by atoms with Gasteiger partial charge >= 0.3 is 0 Å². The summed E-state index contributed by atoms with van der Waals surface area (Å²) in [6.45, 7) is 3.15. The van der Waals surface area contributed by atoms with E-state index in [1.54, 1.807) is 11.3 Å². The molecule has 1 heterocycles. The Morgan fingerprint density at radius 2 is 2.44 bits per heavy atom. The summed E-state index contributed by atoms with van der Waals surface area (Å²) in [7, 11) is 0. The molecule has 2 rings (SSSR count). The molecule has 0 bridgehead atoms. The van der Waals surface area contributed by atoms with Crippen LogP contribution in [0.5, 0.6) is 0 Å². The molecular formula is C12H18N2S2. The number of rotatable bonds is 6. The Balaban J connectivity index is 2.07. The first kappa shape index (κ1) is 12.0. The molecule has 1 aliphatic rings. The molecule has 0 aliphatic heterocycles. The number of hydrogen-bond acceptors (Lipinski definition) is 3. The standard InChI is InChI=1S/C12H18N2S2/c1-2-11(12(13)15)14(10-3-4-10)7-9-5-6-16-8-9/h5-6,8,10-11H,2-4,7H2,1H3,(H2,13,15). The maximum absolute atomic E-state index is 5.84. The first-order chi connectivity index (χ1) is 7.72. The predicted octanol–water partition coefficient (Wildman–Crippen LogP) is 2.78. The van der Waals surface area contributed by atoms with Crippen molar-refractivity contribution in [1.29, 1.82) is 0 Å². The van der Waals surface area contributed by atoms with Gasteiger partial charge in [-0.3, -0.25) is 4.90 Å². The van der Waals surface area contributed by atoms with Crippen LogP contribution in [0.15, 0.2) is 16.8 Å². The Kier molecular flexibility index (Phi) is 3.95. The minimum atomic E-state index is 0.266. The topological polar surface area (TPSA) is 29.3 Å². The summed E-state index contributed by atoms with van der Waals surface area (Å²) in [4.78, 5) is 3.12. The number of nitrogens with zero attached hydrogens (tertiary/aromatic N) is 1. The van der Waals surface area contributed by atoms with Gasteiger partial charge in [0, 0.05) is 12.6 Å². The van der Waals surface area contributed by atoms with E-state index in [1.165, 1.54) is 18.4 Å². The van der Waals surface area contributed by atoms with E-state index in [9.17, 15) is 0 Å². The first-order valence-electron chi connectivity index (χ1n) is 5.78. The van der Waals surface area contributed by atoms with Crippen LogP contribution in [-0.2, 0) is 6.54 Å². The molecule has 2 nitrogen and oxygen atoms in total. The third-order valence-electron chi connectivity index (χ3n) is 3.08. The van der Waals surface area contributed by atoms with E-state index >= 15 is 0 Å². The predicted molar refractivity (Wildman–Crippen MR) is 73.7 cm³/mol. The van der Waals surface area contributed by atoms with Crippen LogP contribution in [0.3, 0.4) is 0 Å².